The van der Waals surface area contributed by atoms with Crippen molar-refractivity contribution in [1.82, 2.24) is 5.43 Å². The van der Waals surface area contributed by atoms with E-state index in [1.54, 1.807) is 23.5 Å². The van der Waals surface area contributed by atoms with Gasteiger partial charge in [0.05, 0.1) is 10.6 Å². The number of carbonyl (C=O) groups excluding carboxylic acids is 1. The largest absolute Gasteiger partial charge is 0.444 e. The summed E-state index contributed by atoms with van der Waals surface area (Å²) < 4.78 is 5.66. The van der Waals surface area contributed by atoms with Crippen molar-refractivity contribution < 1.29 is 9.21 Å². The van der Waals surface area contributed by atoms with E-state index in [4.69, 9.17) is 4.42 Å². The van der Waals surface area contributed by atoms with E-state index in [9.17, 15) is 4.79 Å². The van der Waals surface area contributed by atoms with Crippen molar-refractivity contribution in [2.24, 2.45) is 5.10 Å². The second kappa shape index (κ2) is 6.16. The highest BCUT2D eigenvalue weighted by Crippen LogP contribution is 2.18. The summed E-state index contributed by atoms with van der Waals surface area (Å²) in [6.45, 7) is 3.97. The summed E-state index contributed by atoms with van der Waals surface area (Å²) in [5.74, 6) is -0.138. The molecule has 6 heteroatoms. The average molecular weight is 341 g/mol. The van der Waals surface area contributed by atoms with Gasteiger partial charge in [-0.25, -0.2) is 5.43 Å². The van der Waals surface area contributed by atoms with Gasteiger partial charge in [-0.1, -0.05) is 6.92 Å². The molecule has 2 aromatic rings. The molecule has 0 aliphatic rings. The molecule has 2 rings (SSSR count). The molecule has 4 nitrogen and oxygen atoms in total. The Morgan fingerprint density at radius 1 is 1.42 bits per heavy atom. The minimum absolute atomic E-state index is 0.226. The number of thiophene rings is 1. The van der Waals surface area contributed by atoms with E-state index in [1.807, 2.05) is 13.0 Å². The molecule has 0 spiro atoms. The van der Waals surface area contributed by atoms with Crippen LogP contribution in [0, 0.1) is 0 Å². The van der Waals surface area contributed by atoms with Crippen LogP contribution in [0.2, 0.25) is 0 Å². The molecular formula is C13H13BrN2O2S. The fourth-order valence-electron chi connectivity index (χ4n) is 1.44. The summed E-state index contributed by atoms with van der Waals surface area (Å²) in [4.78, 5) is 14.1. The van der Waals surface area contributed by atoms with Gasteiger partial charge >= 0.3 is 5.91 Å². The van der Waals surface area contributed by atoms with Crippen molar-refractivity contribution in [3.8, 4) is 0 Å². The summed E-state index contributed by atoms with van der Waals surface area (Å²) in [5.41, 5.74) is 3.26. The van der Waals surface area contributed by atoms with Crippen LogP contribution in [0.3, 0.4) is 0 Å². The first-order chi connectivity index (χ1) is 9.10. The number of aryl methyl sites for hydroxylation is 1. The van der Waals surface area contributed by atoms with Gasteiger partial charge in [0, 0.05) is 4.88 Å². The van der Waals surface area contributed by atoms with Gasteiger partial charge in [-0.05, 0) is 53.5 Å². The van der Waals surface area contributed by atoms with E-state index in [0.717, 1.165) is 17.0 Å². The SMILES string of the molecule is CCc1ccc(/C(C)=N\NC(=O)c2ccc(Br)o2)s1. The molecule has 0 aromatic carbocycles. The first kappa shape index (κ1) is 14.0. The fourth-order valence-corrected chi connectivity index (χ4v) is 2.64. The minimum Gasteiger partial charge on any atom is -0.444 e. The van der Waals surface area contributed by atoms with Crippen molar-refractivity contribution >= 4 is 38.9 Å². The summed E-state index contributed by atoms with van der Waals surface area (Å²) in [6, 6.07) is 7.34. The molecule has 2 heterocycles. The number of hydrogen-bond acceptors (Lipinski definition) is 4. The Morgan fingerprint density at radius 2 is 2.21 bits per heavy atom. The highest BCUT2D eigenvalue weighted by atomic mass is 79.9. The van der Waals surface area contributed by atoms with Crippen LogP contribution in [0.4, 0.5) is 0 Å². The third-order valence-electron chi connectivity index (χ3n) is 2.49. The predicted octanol–water partition coefficient (Wildman–Crippen LogP) is 3.82. The van der Waals surface area contributed by atoms with Crippen LogP contribution < -0.4 is 5.43 Å². The highest BCUT2D eigenvalue weighted by Gasteiger charge is 2.10. The van der Waals surface area contributed by atoms with Crippen LogP contribution in [-0.4, -0.2) is 11.6 Å². The van der Waals surface area contributed by atoms with E-state index < -0.39 is 0 Å². The number of carbonyl (C=O) groups is 1. The van der Waals surface area contributed by atoms with Gasteiger partial charge in [0.2, 0.25) is 0 Å². The average Bonchev–Trinajstić information content (AvgIpc) is 3.04. The Kier molecular flexibility index (Phi) is 4.55. The summed E-state index contributed by atoms with van der Waals surface area (Å²) in [6.07, 6.45) is 1.00. The third kappa shape index (κ3) is 3.54. The van der Waals surface area contributed by atoms with Crippen molar-refractivity contribution in [1.29, 1.82) is 0 Å². The van der Waals surface area contributed by atoms with Crippen LogP contribution in [-0.2, 0) is 6.42 Å². The zero-order valence-electron chi connectivity index (χ0n) is 10.6. The molecule has 0 aliphatic heterocycles. The van der Waals surface area contributed by atoms with E-state index in [1.165, 1.54) is 4.88 Å². The fraction of sp³-hybridized carbons (Fsp3) is 0.231. The second-order valence-corrected chi connectivity index (χ2v) is 5.81. The topological polar surface area (TPSA) is 54.6 Å². The minimum atomic E-state index is -0.364. The number of nitrogens with one attached hydrogen (secondary N) is 1. The lowest BCUT2D eigenvalue weighted by Gasteiger charge is -1.98. The number of nitrogens with zero attached hydrogens (tertiary/aromatic N) is 1. The van der Waals surface area contributed by atoms with E-state index in [2.05, 4.69) is 39.4 Å². The van der Waals surface area contributed by atoms with E-state index >= 15 is 0 Å². The number of hydrazone groups is 1. The smallest absolute Gasteiger partial charge is 0.307 e. The molecule has 1 N–H and O–H groups in total. The van der Waals surface area contributed by atoms with Crippen LogP contribution >= 0.6 is 27.3 Å². The number of furan rings is 1. The first-order valence-electron chi connectivity index (χ1n) is 5.79. The normalized spacial score (nSPS) is 11.6. The maximum atomic E-state index is 11.7. The Hall–Kier alpha value is -1.40. The summed E-state index contributed by atoms with van der Waals surface area (Å²) >= 11 is 4.83. The first-order valence-corrected chi connectivity index (χ1v) is 7.40. The number of rotatable bonds is 4. The van der Waals surface area contributed by atoms with Crippen molar-refractivity contribution in [3.05, 3.63) is 44.4 Å². The number of halogens is 1. The molecule has 0 unspecified atom stereocenters. The monoisotopic (exact) mass is 340 g/mol. The highest BCUT2D eigenvalue weighted by molar-refractivity contribution is 9.10. The quantitative estimate of drug-likeness (QED) is 0.679. The van der Waals surface area contributed by atoms with Crippen molar-refractivity contribution in [3.63, 3.8) is 0 Å². The summed E-state index contributed by atoms with van der Waals surface area (Å²) in [5, 5.41) is 4.08. The molecular weight excluding hydrogens is 328 g/mol. The molecule has 2 aromatic heterocycles. The van der Waals surface area contributed by atoms with Gasteiger partial charge in [-0.15, -0.1) is 11.3 Å². The predicted molar refractivity (Wildman–Crippen MR) is 79.8 cm³/mol. The molecule has 0 saturated heterocycles. The zero-order valence-corrected chi connectivity index (χ0v) is 13.0. The molecule has 100 valence electrons. The molecule has 0 bridgehead atoms. The zero-order chi connectivity index (χ0) is 13.8. The van der Waals surface area contributed by atoms with Gasteiger partial charge in [-0.2, -0.15) is 5.10 Å². The molecule has 0 radical (unpaired) electrons. The van der Waals surface area contributed by atoms with Crippen molar-refractivity contribution in [2.75, 3.05) is 0 Å². The van der Waals surface area contributed by atoms with Crippen LogP contribution in [0.25, 0.3) is 0 Å². The lowest BCUT2D eigenvalue weighted by Crippen LogP contribution is -2.18. The molecule has 0 aliphatic carbocycles. The Morgan fingerprint density at radius 3 is 2.79 bits per heavy atom. The van der Waals surface area contributed by atoms with Gasteiger partial charge in [0.25, 0.3) is 0 Å². The lowest BCUT2D eigenvalue weighted by atomic mass is 10.3. The Bertz CT molecular complexity index is 616. The van der Waals surface area contributed by atoms with Crippen LogP contribution in [0.5, 0.6) is 0 Å². The molecule has 0 fully saturated rings. The second-order valence-electron chi connectivity index (χ2n) is 3.86. The van der Waals surface area contributed by atoms with Gasteiger partial charge in [0.1, 0.15) is 0 Å². The van der Waals surface area contributed by atoms with Gasteiger partial charge < -0.3 is 4.42 Å². The van der Waals surface area contributed by atoms with Gasteiger partial charge in [0.15, 0.2) is 10.4 Å². The number of amides is 1. The Labute approximate surface area is 123 Å². The molecule has 19 heavy (non-hydrogen) atoms. The van der Waals surface area contributed by atoms with E-state index in [0.29, 0.717) is 4.67 Å². The molecule has 1 amide bonds. The third-order valence-corrected chi connectivity index (χ3v) is 4.25. The lowest BCUT2D eigenvalue weighted by molar-refractivity contribution is 0.0926. The summed E-state index contributed by atoms with van der Waals surface area (Å²) in [7, 11) is 0. The Balaban J connectivity index is 2.03. The van der Waals surface area contributed by atoms with E-state index in [-0.39, 0.29) is 11.7 Å². The molecule has 0 atom stereocenters. The van der Waals surface area contributed by atoms with Gasteiger partial charge in [-0.3, -0.25) is 4.79 Å². The standard InChI is InChI=1S/C13H13BrN2O2S/c1-3-9-4-6-11(19-9)8(2)15-16-13(17)10-5-7-12(14)18-10/h4-7H,3H2,1-2H3,(H,16,17)/b15-8-. The van der Waals surface area contributed by atoms with Crippen molar-refractivity contribution in [2.45, 2.75) is 20.3 Å². The van der Waals surface area contributed by atoms with Crippen LogP contribution in [0.1, 0.15) is 34.2 Å². The molecule has 0 saturated carbocycles. The maximum Gasteiger partial charge on any atom is 0.307 e. The number of hydrogen-bond donors (Lipinski definition) is 1. The van der Waals surface area contributed by atoms with Crippen LogP contribution in [0.15, 0.2) is 38.5 Å². The maximum absolute atomic E-state index is 11.7.